The van der Waals surface area contributed by atoms with Gasteiger partial charge in [0.1, 0.15) is 0 Å². The summed E-state index contributed by atoms with van der Waals surface area (Å²) in [6.07, 6.45) is 0. The van der Waals surface area contributed by atoms with Gasteiger partial charge in [-0.25, -0.2) is 0 Å². The number of rotatable bonds is 17. The summed E-state index contributed by atoms with van der Waals surface area (Å²) in [5, 5.41) is 2.44. The van der Waals surface area contributed by atoms with Crippen LogP contribution in [0.1, 0.15) is 44.5 Å². The summed E-state index contributed by atoms with van der Waals surface area (Å²) >= 11 is 0. The second-order valence-corrected chi connectivity index (χ2v) is 31.6. The zero-order valence-electron chi connectivity index (χ0n) is 68.9. The number of anilines is 15. The molecule has 0 heterocycles. The van der Waals surface area contributed by atoms with Gasteiger partial charge in [0, 0.05) is 112 Å². The van der Waals surface area contributed by atoms with E-state index in [0.29, 0.717) is 0 Å². The van der Waals surface area contributed by atoms with E-state index in [4.69, 9.17) is 0 Å². The minimum atomic E-state index is -0.518. The van der Waals surface area contributed by atoms with Gasteiger partial charge >= 0.3 is 0 Å². The van der Waals surface area contributed by atoms with E-state index in [1.165, 1.54) is 117 Å². The molecular formula is C117H90N6. The second kappa shape index (κ2) is 33.2. The molecule has 0 radical (unpaired) electrons. The first-order chi connectivity index (χ1) is 60.8. The summed E-state index contributed by atoms with van der Waals surface area (Å²) in [4.78, 5) is 13.9. The van der Waals surface area contributed by atoms with Crippen molar-refractivity contribution in [3.8, 4) is 33.4 Å². The molecule has 3 aliphatic carbocycles. The lowest BCUT2D eigenvalue weighted by Crippen LogP contribution is -2.29. The largest absolute Gasteiger partial charge is 0.345 e. The number of nitrogens with zero attached hydrogens (tertiary/aromatic N) is 6. The molecule has 0 saturated heterocycles. The van der Waals surface area contributed by atoms with Gasteiger partial charge in [0.05, 0.1) is 16.5 Å². The molecule has 0 fully saturated rings. The number of benzene rings is 19. The number of hydrogen-bond donors (Lipinski definition) is 0. The van der Waals surface area contributed by atoms with Crippen molar-refractivity contribution < 1.29 is 0 Å². The molecule has 0 amide bonds. The Kier molecular flexibility index (Phi) is 20.5. The lowest BCUT2D eigenvalue weighted by Gasteiger charge is -2.35. The van der Waals surface area contributed by atoms with Crippen LogP contribution < -0.4 is 29.4 Å². The summed E-state index contributed by atoms with van der Waals surface area (Å²) in [5.74, 6) is 0. The molecule has 123 heavy (non-hydrogen) atoms. The normalized spacial score (nSPS) is 12.3. The highest BCUT2D eigenvalue weighted by Gasteiger charge is 2.52. The summed E-state index contributed by atoms with van der Waals surface area (Å²) in [6, 6.07) is 177. The third kappa shape index (κ3) is 13.7. The van der Waals surface area contributed by atoms with Gasteiger partial charge < -0.3 is 29.4 Å². The van der Waals surface area contributed by atoms with E-state index in [2.05, 4.69) is 542 Å². The molecule has 22 rings (SSSR count). The predicted octanol–water partition coefficient (Wildman–Crippen LogP) is 30.6. The molecule has 0 unspecified atom stereocenters. The van der Waals surface area contributed by atoms with E-state index in [1.807, 2.05) is 0 Å². The van der Waals surface area contributed by atoms with Crippen LogP contribution in [-0.4, -0.2) is 21.1 Å². The van der Waals surface area contributed by atoms with Crippen LogP contribution in [0.15, 0.2) is 491 Å². The first-order valence-electron chi connectivity index (χ1n) is 42.3. The number of para-hydroxylation sites is 9. The van der Waals surface area contributed by atoms with Gasteiger partial charge in [0.2, 0.25) is 0 Å². The van der Waals surface area contributed by atoms with Crippen molar-refractivity contribution in [2.45, 2.75) is 10.8 Å². The molecule has 3 aliphatic rings. The Balaban J connectivity index is 0.000000120. The van der Waals surface area contributed by atoms with Crippen LogP contribution in [0.5, 0.6) is 0 Å². The third-order valence-electron chi connectivity index (χ3n) is 24.9. The van der Waals surface area contributed by atoms with Crippen LogP contribution in [0.4, 0.5) is 85.3 Å². The molecule has 0 atom stereocenters. The zero-order chi connectivity index (χ0) is 82.6. The van der Waals surface area contributed by atoms with Crippen LogP contribution >= 0.6 is 0 Å². The predicted molar refractivity (Wildman–Crippen MR) is 518 cm³/mol. The molecule has 19 aromatic carbocycles. The molecule has 19 aromatic rings. The molecule has 6 nitrogen and oxygen atoms in total. The SMILES string of the molecule is CN(c1ccccc1)c1ccc(N(c2ccccc2)c2ccccc2)c2ccccc12.CN(c1ccccc1)c1ccc2c(c1)C(c1ccccc1)(c1ccccc1)c1cc(N(c3ccccc3)c3ccccc3)ccc1-2.CN(c1ccccc1)c1ccc2c(c1)C1(c3ccccc3-c3ccccc31)c1cc(N(c3ccccc3)c3ccccc3)ccc1-2. The van der Waals surface area contributed by atoms with Crippen LogP contribution in [0, 0.1) is 0 Å². The van der Waals surface area contributed by atoms with Gasteiger partial charge in [-0.1, -0.05) is 322 Å². The summed E-state index contributed by atoms with van der Waals surface area (Å²) in [7, 11) is 6.45. The van der Waals surface area contributed by atoms with E-state index in [9.17, 15) is 0 Å². The van der Waals surface area contributed by atoms with Gasteiger partial charge in [-0.3, -0.25) is 0 Å². The van der Waals surface area contributed by atoms with Crippen LogP contribution in [-0.2, 0) is 10.8 Å². The Morgan fingerprint density at radius 2 is 0.374 bits per heavy atom. The highest BCUT2D eigenvalue weighted by Crippen LogP contribution is 2.65. The molecule has 588 valence electrons. The molecular weight excluding hydrogens is 1490 g/mol. The Morgan fingerprint density at radius 3 is 0.707 bits per heavy atom. The minimum absolute atomic E-state index is 0.444. The van der Waals surface area contributed by atoms with E-state index in [1.54, 1.807) is 0 Å². The highest BCUT2D eigenvalue weighted by atomic mass is 15.2. The van der Waals surface area contributed by atoms with Crippen molar-refractivity contribution in [1.82, 2.24) is 0 Å². The fraction of sp³-hybridized carbons (Fsp3) is 0.0427. The molecule has 0 saturated carbocycles. The minimum Gasteiger partial charge on any atom is -0.345 e. The topological polar surface area (TPSA) is 19.4 Å². The van der Waals surface area contributed by atoms with Gasteiger partial charge in [-0.15, -0.1) is 0 Å². The Morgan fingerprint density at radius 1 is 0.146 bits per heavy atom. The first kappa shape index (κ1) is 76.0. The van der Waals surface area contributed by atoms with Gasteiger partial charge in [-0.2, -0.15) is 0 Å². The maximum atomic E-state index is 2.45. The van der Waals surface area contributed by atoms with Crippen LogP contribution in [0.25, 0.3) is 44.2 Å². The van der Waals surface area contributed by atoms with E-state index < -0.39 is 10.8 Å². The Hall–Kier alpha value is -15.8. The average molecular weight is 1580 g/mol. The lowest BCUT2D eigenvalue weighted by molar-refractivity contribution is 0.768. The maximum absolute atomic E-state index is 2.45. The molecule has 6 heteroatoms. The quantitative estimate of drug-likeness (QED) is 0.0899. The average Bonchev–Trinajstić information content (AvgIpc) is 1.51. The molecule has 1 spiro atoms. The van der Waals surface area contributed by atoms with E-state index >= 15 is 0 Å². The number of fused-ring (bicyclic) bond motifs is 14. The third-order valence-corrected chi connectivity index (χ3v) is 24.9. The smallest absolute Gasteiger partial charge is 0.0727 e. The van der Waals surface area contributed by atoms with Crippen molar-refractivity contribution in [1.29, 1.82) is 0 Å². The fourth-order valence-corrected chi connectivity index (χ4v) is 19.2. The Bertz CT molecular complexity index is 6480. The van der Waals surface area contributed by atoms with Crippen molar-refractivity contribution in [2.75, 3.05) is 50.5 Å². The monoisotopic (exact) mass is 1580 g/mol. The van der Waals surface area contributed by atoms with E-state index in [0.717, 1.165) is 56.9 Å². The summed E-state index contributed by atoms with van der Waals surface area (Å²) in [5.41, 5.74) is 34.5. The number of hydrogen-bond acceptors (Lipinski definition) is 6. The van der Waals surface area contributed by atoms with E-state index in [-0.39, 0.29) is 0 Å². The van der Waals surface area contributed by atoms with Crippen molar-refractivity contribution in [2.24, 2.45) is 0 Å². The standard InChI is InChI=1S/C44H32N2.C44H34N2.C29H24N2/c1-45(31-15-5-2-6-16-31)34-25-27-38-39-28-26-35(46(32-17-7-3-8-18-32)33-19-9-4-10-20-33)30-43(39)44(42(38)29-34)40-23-13-11-21-36(40)37-22-12-14-24-41(37)44;1-45(35-21-11-4-12-22-35)38-27-29-40-41-30-28-39(46(36-23-13-5-14-24-36)37-25-15-6-16-26-37)32-43(41)44(42(40)31-38,33-17-7-2-8-18-33)34-19-9-3-10-20-34;1-30(23-13-5-2-6-14-23)28-21-22-29(27-20-12-11-19-26(27)28)31(24-15-7-3-8-16-24)25-17-9-4-10-18-25/h2-30H,1H3;2-32H,1H3;2-22H,1H3. The van der Waals surface area contributed by atoms with Crippen molar-refractivity contribution in [3.05, 3.63) is 536 Å². The van der Waals surface area contributed by atoms with Crippen LogP contribution in [0.2, 0.25) is 0 Å². The fourth-order valence-electron chi connectivity index (χ4n) is 19.2. The van der Waals surface area contributed by atoms with Crippen molar-refractivity contribution in [3.63, 3.8) is 0 Å². The molecule has 0 bridgehead atoms. The van der Waals surface area contributed by atoms with Gasteiger partial charge in [0.25, 0.3) is 0 Å². The van der Waals surface area contributed by atoms with Crippen molar-refractivity contribution >= 4 is 96.1 Å². The maximum Gasteiger partial charge on any atom is 0.0727 e. The second-order valence-electron chi connectivity index (χ2n) is 31.6. The van der Waals surface area contributed by atoms with Gasteiger partial charge in [0.15, 0.2) is 0 Å². The molecule has 0 aromatic heterocycles. The zero-order valence-corrected chi connectivity index (χ0v) is 68.9. The molecule has 0 N–H and O–H groups in total. The highest BCUT2D eigenvalue weighted by molar-refractivity contribution is 6.06. The van der Waals surface area contributed by atoms with Crippen LogP contribution in [0.3, 0.4) is 0 Å². The first-order valence-corrected chi connectivity index (χ1v) is 42.3. The lowest BCUT2D eigenvalue weighted by atomic mass is 9.67. The summed E-state index contributed by atoms with van der Waals surface area (Å²) in [6.45, 7) is 0. The van der Waals surface area contributed by atoms with Gasteiger partial charge in [-0.05, 0) is 248 Å². The summed E-state index contributed by atoms with van der Waals surface area (Å²) < 4.78 is 0. The Labute approximate surface area is 721 Å². The molecule has 0 aliphatic heterocycles.